The van der Waals surface area contributed by atoms with Gasteiger partial charge in [-0.25, -0.2) is 4.68 Å². The number of thioether (sulfide) groups is 1. The van der Waals surface area contributed by atoms with Crippen LogP contribution in [-0.4, -0.2) is 27.1 Å². The van der Waals surface area contributed by atoms with Gasteiger partial charge in [0.25, 0.3) is 0 Å². The maximum atomic E-state index is 12.4. The van der Waals surface area contributed by atoms with Gasteiger partial charge in [-0.1, -0.05) is 18.2 Å². The number of Topliss-reactive ketones (excluding diaryl/α,β-unsaturated/α-hetero) is 1. The third kappa shape index (κ3) is 2.08. The van der Waals surface area contributed by atoms with Crippen LogP contribution in [0.3, 0.4) is 0 Å². The molecule has 0 aliphatic carbocycles. The standard InChI is InChI=1S/C14H14N2OS/c17-14(11-7-9-18-10-11)13-6-8-15-16(13)12-4-2-1-3-5-12/h1-6,8,11H,7,9-10H2. The summed E-state index contributed by atoms with van der Waals surface area (Å²) in [6.07, 6.45) is 2.69. The van der Waals surface area contributed by atoms with Crippen LogP contribution in [0.4, 0.5) is 0 Å². The minimum atomic E-state index is 0.161. The van der Waals surface area contributed by atoms with Gasteiger partial charge in [-0.05, 0) is 30.4 Å². The summed E-state index contributed by atoms with van der Waals surface area (Å²) in [5.74, 6) is 2.42. The second kappa shape index (κ2) is 4.98. The highest BCUT2D eigenvalue weighted by molar-refractivity contribution is 7.99. The Bertz CT molecular complexity index is 544. The molecule has 0 spiro atoms. The molecule has 0 radical (unpaired) electrons. The number of carbonyl (C=O) groups excluding carboxylic acids is 1. The fraction of sp³-hybridized carbons (Fsp3) is 0.286. The molecule has 1 fully saturated rings. The normalized spacial score (nSPS) is 19.0. The Kier molecular flexibility index (Phi) is 3.19. The maximum absolute atomic E-state index is 12.4. The van der Waals surface area contributed by atoms with E-state index in [1.807, 2.05) is 48.2 Å². The summed E-state index contributed by atoms with van der Waals surface area (Å²) in [5.41, 5.74) is 1.64. The van der Waals surface area contributed by atoms with Crippen molar-refractivity contribution in [2.24, 2.45) is 5.92 Å². The summed E-state index contributed by atoms with van der Waals surface area (Å²) < 4.78 is 1.74. The second-order valence-electron chi connectivity index (χ2n) is 4.39. The Morgan fingerprint density at radius 1 is 1.28 bits per heavy atom. The molecule has 18 heavy (non-hydrogen) atoms. The van der Waals surface area contributed by atoms with E-state index in [2.05, 4.69) is 5.10 Å². The van der Waals surface area contributed by atoms with Gasteiger partial charge in [0.15, 0.2) is 5.78 Å². The minimum absolute atomic E-state index is 0.161. The van der Waals surface area contributed by atoms with E-state index in [0.717, 1.165) is 23.6 Å². The van der Waals surface area contributed by atoms with Gasteiger partial charge in [0, 0.05) is 11.7 Å². The van der Waals surface area contributed by atoms with Gasteiger partial charge < -0.3 is 0 Å². The zero-order valence-electron chi connectivity index (χ0n) is 9.95. The molecule has 4 heteroatoms. The Balaban J connectivity index is 1.94. The van der Waals surface area contributed by atoms with E-state index >= 15 is 0 Å². The molecule has 3 nitrogen and oxygen atoms in total. The van der Waals surface area contributed by atoms with Gasteiger partial charge in [0.1, 0.15) is 5.69 Å². The molecule has 0 amide bonds. The van der Waals surface area contributed by atoms with Crippen LogP contribution in [0.2, 0.25) is 0 Å². The molecule has 1 unspecified atom stereocenters. The van der Waals surface area contributed by atoms with Crippen molar-refractivity contribution in [3.05, 3.63) is 48.3 Å². The van der Waals surface area contributed by atoms with E-state index in [4.69, 9.17) is 0 Å². The third-order valence-electron chi connectivity index (χ3n) is 3.20. The average molecular weight is 258 g/mol. The topological polar surface area (TPSA) is 34.9 Å². The van der Waals surface area contributed by atoms with Gasteiger partial charge in [0.2, 0.25) is 0 Å². The van der Waals surface area contributed by atoms with Crippen molar-refractivity contribution in [3.63, 3.8) is 0 Å². The summed E-state index contributed by atoms with van der Waals surface area (Å²) in [5, 5.41) is 4.27. The number of hydrogen-bond acceptors (Lipinski definition) is 3. The van der Waals surface area contributed by atoms with Gasteiger partial charge in [-0.3, -0.25) is 4.79 Å². The van der Waals surface area contributed by atoms with Gasteiger partial charge >= 0.3 is 0 Å². The van der Waals surface area contributed by atoms with Crippen LogP contribution in [0.5, 0.6) is 0 Å². The van der Waals surface area contributed by atoms with E-state index < -0.39 is 0 Å². The molecule has 0 N–H and O–H groups in total. The van der Waals surface area contributed by atoms with Crippen molar-refractivity contribution in [1.29, 1.82) is 0 Å². The summed E-state index contributed by atoms with van der Waals surface area (Å²) in [6.45, 7) is 0. The van der Waals surface area contributed by atoms with E-state index in [0.29, 0.717) is 5.69 Å². The molecule has 92 valence electrons. The van der Waals surface area contributed by atoms with Crippen LogP contribution in [-0.2, 0) is 0 Å². The fourth-order valence-electron chi connectivity index (χ4n) is 2.22. The molecule has 1 saturated heterocycles. The first-order valence-electron chi connectivity index (χ1n) is 6.07. The number of para-hydroxylation sites is 1. The number of carbonyl (C=O) groups is 1. The summed E-state index contributed by atoms with van der Waals surface area (Å²) >= 11 is 1.86. The lowest BCUT2D eigenvalue weighted by Gasteiger charge is -2.10. The molecule has 1 aromatic heterocycles. The monoisotopic (exact) mass is 258 g/mol. The molecule has 0 saturated carbocycles. The summed E-state index contributed by atoms with van der Waals surface area (Å²) in [4.78, 5) is 12.4. The summed E-state index contributed by atoms with van der Waals surface area (Å²) in [6, 6.07) is 11.6. The quantitative estimate of drug-likeness (QED) is 0.794. The molecule has 1 aromatic carbocycles. The molecule has 2 heterocycles. The number of benzene rings is 1. The van der Waals surface area contributed by atoms with Crippen LogP contribution >= 0.6 is 11.8 Å². The highest BCUT2D eigenvalue weighted by atomic mass is 32.2. The zero-order valence-corrected chi connectivity index (χ0v) is 10.8. The fourth-order valence-corrected chi connectivity index (χ4v) is 3.44. The van der Waals surface area contributed by atoms with Crippen LogP contribution in [0.1, 0.15) is 16.9 Å². The van der Waals surface area contributed by atoms with Crippen molar-refractivity contribution in [3.8, 4) is 5.69 Å². The van der Waals surface area contributed by atoms with Gasteiger partial charge in [0.05, 0.1) is 11.9 Å². The number of aromatic nitrogens is 2. The van der Waals surface area contributed by atoms with E-state index in [1.165, 1.54) is 0 Å². The SMILES string of the molecule is O=C(c1ccnn1-c1ccccc1)C1CCSC1. The number of nitrogens with zero attached hydrogens (tertiary/aromatic N) is 2. The minimum Gasteiger partial charge on any atom is -0.292 e. The van der Waals surface area contributed by atoms with Crippen molar-refractivity contribution in [2.75, 3.05) is 11.5 Å². The van der Waals surface area contributed by atoms with Crippen LogP contribution in [0.25, 0.3) is 5.69 Å². The molecule has 2 aromatic rings. The molecule has 1 aliphatic heterocycles. The first-order valence-corrected chi connectivity index (χ1v) is 7.23. The van der Waals surface area contributed by atoms with Crippen molar-refractivity contribution < 1.29 is 4.79 Å². The number of ketones is 1. The highest BCUT2D eigenvalue weighted by Crippen LogP contribution is 2.27. The Hall–Kier alpha value is -1.55. The van der Waals surface area contributed by atoms with Gasteiger partial charge in [-0.2, -0.15) is 16.9 Å². The lowest BCUT2D eigenvalue weighted by Crippen LogP contribution is -2.18. The molecule has 3 rings (SSSR count). The highest BCUT2D eigenvalue weighted by Gasteiger charge is 2.26. The zero-order chi connectivity index (χ0) is 12.4. The lowest BCUT2D eigenvalue weighted by atomic mass is 10.0. The van der Waals surface area contributed by atoms with E-state index in [9.17, 15) is 4.79 Å². The van der Waals surface area contributed by atoms with E-state index in [1.54, 1.807) is 10.9 Å². The number of hydrogen-bond donors (Lipinski definition) is 0. The van der Waals surface area contributed by atoms with Gasteiger partial charge in [-0.15, -0.1) is 0 Å². The predicted octanol–water partition coefficient (Wildman–Crippen LogP) is 2.81. The first-order chi connectivity index (χ1) is 8.86. The van der Waals surface area contributed by atoms with Crippen molar-refractivity contribution in [1.82, 2.24) is 9.78 Å². The maximum Gasteiger partial charge on any atom is 0.185 e. The van der Waals surface area contributed by atoms with E-state index in [-0.39, 0.29) is 11.7 Å². The molecular weight excluding hydrogens is 244 g/mol. The first kappa shape index (κ1) is 11.5. The average Bonchev–Trinajstić information content (AvgIpc) is 3.10. The molecular formula is C14H14N2OS. The van der Waals surface area contributed by atoms with Crippen molar-refractivity contribution >= 4 is 17.5 Å². The van der Waals surface area contributed by atoms with Crippen LogP contribution in [0.15, 0.2) is 42.6 Å². The lowest BCUT2D eigenvalue weighted by molar-refractivity contribution is 0.0926. The van der Waals surface area contributed by atoms with Crippen LogP contribution in [0, 0.1) is 5.92 Å². The third-order valence-corrected chi connectivity index (χ3v) is 4.36. The largest absolute Gasteiger partial charge is 0.292 e. The smallest absolute Gasteiger partial charge is 0.185 e. The molecule has 1 aliphatic rings. The summed E-state index contributed by atoms with van der Waals surface area (Å²) in [7, 11) is 0. The Morgan fingerprint density at radius 2 is 2.11 bits per heavy atom. The van der Waals surface area contributed by atoms with Crippen LogP contribution < -0.4 is 0 Å². The molecule has 1 atom stereocenters. The second-order valence-corrected chi connectivity index (χ2v) is 5.54. The Labute approximate surface area is 110 Å². The number of rotatable bonds is 3. The predicted molar refractivity (Wildman–Crippen MR) is 73.3 cm³/mol. The Morgan fingerprint density at radius 3 is 2.83 bits per heavy atom. The molecule has 0 bridgehead atoms. The van der Waals surface area contributed by atoms with Crippen molar-refractivity contribution in [2.45, 2.75) is 6.42 Å².